The Hall–Kier alpha value is -2.28. The molecule has 1 saturated heterocycles. The van der Waals surface area contributed by atoms with E-state index in [1.807, 2.05) is 48.5 Å². The number of urea groups is 1. The van der Waals surface area contributed by atoms with E-state index in [0.29, 0.717) is 19.7 Å². The van der Waals surface area contributed by atoms with Crippen molar-refractivity contribution in [3.63, 3.8) is 0 Å². The molecule has 0 spiro atoms. The predicted octanol–water partition coefficient (Wildman–Crippen LogP) is 3.20. The summed E-state index contributed by atoms with van der Waals surface area (Å²) in [4.78, 5) is 20.9. The van der Waals surface area contributed by atoms with Gasteiger partial charge in [-0.05, 0) is 37.6 Å². The molecule has 1 N–H and O–H groups in total. The maximum Gasteiger partial charge on any atom is 0.321 e. The Kier molecular flexibility index (Phi) is 5.20. The molecule has 1 aliphatic heterocycles. The Bertz CT molecular complexity index is 682. The summed E-state index contributed by atoms with van der Waals surface area (Å²) in [5.74, 6) is 0.824. The van der Waals surface area contributed by atoms with E-state index in [2.05, 4.69) is 15.2 Å². The third-order valence-corrected chi connectivity index (χ3v) is 4.84. The second-order valence-electron chi connectivity index (χ2n) is 5.63. The second kappa shape index (κ2) is 7.53. The topological polar surface area (TPSA) is 57.7 Å². The van der Waals surface area contributed by atoms with Gasteiger partial charge in [0.1, 0.15) is 5.75 Å². The molecule has 1 fully saturated rings. The number of thiazole rings is 1. The third kappa shape index (κ3) is 3.79. The zero-order valence-electron chi connectivity index (χ0n) is 14.0. The SMILES string of the molecule is CCOc1ccc(NC(=O)N2CCN(c3nccs3)CC2)c(C)c1. The van der Waals surface area contributed by atoms with Crippen molar-refractivity contribution in [1.82, 2.24) is 9.88 Å². The van der Waals surface area contributed by atoms with Crippen LogP contribution in [0.2, 0.25) is 0 Å². The van der Waals surface area contributed by atoms with Crippen molar-refractivity contribution in [2.45, 2.75) is 13.8 Å². The average molecular weight is 346 g/mol. The van der Waals surface area contributed by atoms with Crippen LogP contribution in [-0.2, 0) is 0 Å². The zero-order chi connectivity index (χ0) is 16.9. The van der Waals surface area contributed by atoms with Gasteiger partial charge >= 0.3 is 6.03 Å². The Morgan fingerprint density at radius 3 is 2.75 bits per heavy atom. The van der Waals surface area contributed by atoms with Crippen molar-refractivity contribution >= 4 is 28.2 Å². The highest BCUT2D eigenvalue weighted by Gasteiger charge is 2.22. The van der Waals surface area contributed by atoms with E-state index in [1.165, 1.54) is 0 Å². The minimum Gasteiger partial charge on any atom is -0.494 e. The van der Waals surface area contributed by atoms with Crippen LogP contribution >= 0.6 is 11.3 Å². The molecular weight excluding hydrogens is 324 g/mol. The molecule has 2 heterocycles. The van der Waals surface area contributed by atoms with Crippen LogP contribution < -0.4 is 15.0 Å². The summed E-state index contributed by atoms with van der Waals surface area (Å²) in [6.07, 6.45) is 1.81. The Balaban J connectivity index is 1.56. The van der Waals surface area contributed by atoms with Crippen LogP contribution in [0.5, 0.6) is 5.75 Å². The van der Waals surface area contributed by atoms with Gasteiger partial charge in [-0.25, -0.2) is 9.78 Å². The molecule has 2 amide bonds. The number of amides is 2. The van der Waals surface area contributed by atoms with E-state index in [-0.39, 0.29) is 6.03 Å². The van der Waals surface area contributed by atoms with Crippen LogP contribution in [0, 0.1) is 6.92 Å². The largest absolute Gasteiger partial charge is 0.494 e. The number of piperazine rings is 1. The molecule has 0 atom stereocenters. The average Bonchev–Trinajstić information content (AvgIpc) is 3.12. The molecule has 0 unspecified atom stereocenters. The Morgan fingerprint density at radius 2 is 2.12 bits per heavy atom. The van der Waals surface area contributed by atoms with E-state index in [4.69, 9.17) is 4.74 Å². The van der Waals surface area contributed by atoms with Crippen LogP contribution in [0.25, 0.3) is 0 Å². The first kappa shape index (κ1) is 16.6. The maximum atomic E-state index is 12.5. The molecule has 6 nitrogen and oxygen atoms in total. The fraction of sp³-hybridized carbons (Fsp3) is 0.412. The van der Waals surface area contributed by atoms with Gasteiger partial charge in [0.2, 0.25) is 0 Å². The van der Waals surface area contributed by atoms with Crippen molar-refractivity contribution in [2.24, 2.45) is 0 Å². The van der Waals surface area contributed by atoms with Gasteiger partial charge in [-0.1, -0.05) is 0 Å². The van der Waals surface area contributed by atoms with Crippen LogP contribution in [-0.4, -0.2) is 48.7 Å². The fourth-order valence-electron chi connectivity index (χ4n) is 2.70. The quantitative estimate of drug-likeness (QED) is 0.924. The molecule has 0 aliphatic carbocycles. The van der Waals surface area contributed by atoms with Crippen LogP contribution in [0.1, 0.15) is 12.5 Å². The minimum atomic E-state index is -0.0546. The molecule has 7 heteroatoms. The summed E-state index contributed by atoms with van der Waals surface area (Å²) in [7, 11) is 0. The van der Waals surface area contributed by atoms with Crippen LogP contribution in [0.4, 0.5) is 15.6 Å². The number of carbonyl (C=O) groups is 1. The van der Waals surface area contributed by atoms with Crippen LogP contribution in [0.15, 0.2) is 29.8 Å². The lowest BCUT2D eigenvalue weighted by Crippen LogP contribution is -2.50. The molecule has 3 rings (SSSR count). The summed E-state index contributed by atoms with van der Waals surface area (Å²) in [5, 5.41) is 6.00. The van der Waals surface area contributed by atoms with E-state index >= 15 is 0 Å². The van der Waals surface area contributed by atoms with Crippen LogP contribution in [0.3, 0.4) is 0 Å². The van der Waals surface area contributed by atoms with Crippen molar-refractivity contribution in [3.8, 4) is 5.75 Å². The number of anilines is 2. The number of hydrogen-bond acceptors (Lipinski definition) is 5. The van der Waals surface area contributed by atoms with Gasteiger partial charge < -0.3 is 19.9 Å². The summed E-state index contributed by atoms with van der Waals surface area (Å²) in [6, 6.07) is 5.66. The number of aryl methyl sites for hydroxylation is 1. The smallest absolute Gasteiger partial charge is 0.321 e. The van der Waals surface area contributed by atoms with Crippen molar-refractivity contribution in [1.29, 1.82) is 0 Å². The Labute approximate surface area is 146 Å². The zero-order valence-corrected chi connectivity index (χ0v) is 14.8. The van der Waals surface area contributed by atoms with Gasteiger partial charge in [0.05, 0.1) is 6.61 Å². The van der Waals surface area contributed by atoms with Crippen molar-refractivity contribution in [3.05, 3.63) is 35.3 Å². The minimum absolute atomic E-state index is 0.0546. The monoisotopic (exact) mass is 346 g/mol. The van der Waals surface area contributed by atoms with Gasteiger partial charge in [0, 0.05) is 43.4 Å². The maximum absolute atomic E-state index is 12.5. The number of benzene rings is 1. The summed E-state index contributed by atoms with van der Waals surface area (Å²) >= 11 is 1.63. The highest BCUT2D eigenvalue weighted by atomic mass is 32.1. The number of rotatable bonds is 4. The van der Waals surface area contributed by atoms with Gasteiger partial charge in [-0.3, -0.25) is 0 Å². The lowest BCUT2D eigenvalue weighted by Gasteiger charge is -2.34. The number of aromatic nitrogens is 1. The van der Waals surface area contributed by atoms with Crippen molar-refractivity contribution < 1.29 is 9.53 Å². The van der Waals surface area contributed by atoms with Gasteiger partial charge in [-0.15, -0.1) is 11.3 Å². The van der Waals surface area contributed by atoms with Gasteiger partial charge in [-0.2, -0.15) is 0 Å². The molecule has 0 radical (unpaired) electrons. The number of ether oxygens (including phenoxy) is 1. The van der Waals surface area contributed by atoms with Crippen molar-refractivity contribution in [2.75, 3.05) is 43.0 Å². The molecule has 1 aromatic carbocycles. The molecule has 0 bridgehead atoms. The lowest BCUT2D eigenvalue weighted by atomic mass is 10.2. The van der Waals surface area contributed by atoms with E-state index in [0.717, 1.165) is 35.2 Å². The normalized spacial score (nSPS) is 14.6. The highest BCUT2D eigenvalue weighted by Crippen LogP contribution is 2.23. The number of nitrogens with zero attached hydrogens (tertiary/aromatic N) is 3. The summed E-state index contributed by atoms with van der Waals surface area (Å²) in [6.45, 7) is 7.57. The van der Waals surface area contributed by atoms with Gasteiger partial charge in [0.25, 0.3) is 0 Å². The first-order valence-electron chi connectivity index (χ1n) is 8.11. The number of nitrogens with one attached hydrogen (secondary N) is 1. The van der Waals surface area contributed by atoms with E-state index in [9.17, 15) is 4.79 Å². The predicted molar refractivity (Wildman–Crippen MR) is 97.3 cm³/mol. The standard InChI is InChI=1S/C17H22N4O2S/c1-3-23-14-4-5-15(13(2)12-14)19-16(22)20-7-9-21(10-8-20)17-18-6-11-24-17/h4-6,11-12H,3,7-10H2,1-2H3,(H,19,22). The molecule has 1 aliphatic rings. The molecule has 24 heavy (non-hydrogen) atoms. The fourth-order valence-corrected chi connectivity index (χ4v) is 3.40. The molecular formula is C17H22N4O2S. The second-order valence-corrected chi connectivity index (χ2v) is 6.50. The molecule has 1 aromatic heterocycles. The Morgan fingerprint density at radius 1 is 1.33 bits per heavy atom. The third-order valence-electron chi connectivity index (χ3n) is 4.01. The first-order chi connectivity index (χ1) is 11.7. The van der Waals surface area contributed by atoms with E-state index < -0.39 is 0 Å². The number of carbonyl (C=O) groups excluding carboxylic acids is 1. The molecule has 0 saturated carbocycles. The summed E-state index contributed by atoms with van der Waals surface area (Å²) < 4.78 is 5.48. The molecule has 2 aromatic rings. The lowest BCUT2D eigenvalue weighted by molar-refractivity contribution is 0.208. The summed E-state index contributed by atoms with van der Waals surface area (Å²) in [5.41, 5.74) is 1.82. The number of hydrogen-bond donors (Lipinski definition) is 1. The molecule has 128 valence electrons. The van der Waals surface area contributed by atoms with E-state index in [1.54, 1.807) is 11.3 Å². The first-order valence-corrected chi connectivity index (χ1v) is 8.99. The van der Waals surface area contributed by atoms with Gasteiger partial charge in [0.15, 0.2) is 5.13 Å². The highest BCUT2D eigenvalue weighted by molar-refractivity contribution is 7.13.